The van der Waals surface area contributed by atoms with Gasteiger partial charge >= 0.3 is 6.16 Å². The van der Waals surface area contributed by atoms with Gasteiger partial charge in [0.05, 0.1) is 0 Å². The van der Waals surface area contributed by atoms with Gasteiger partial charge in [-0.2, -0.15) is 0 Å². The van der Waals surface area contributed by atoms with Gasteiger partial charge in [-0.3, -0.25) is 0 Å². The molecule has 28 heavy (non-hydrogen) atoms. The van der Waals surface area contributed by atoms with Crippen molar-refractivity contribution >= 4 is 6.16 Å². The Balaban J connectivity index is 0.000000516. The Hall–Kier alpha value is -3.85. The van der Waals surface area contributed by atoms with E-state index in [9.17, 15) is 0 Å². The lowest BCUT2D eigenvalue weighted by Gasteiger charge is -2.16. The summed E-state index contributed by atoms with van der Waals surface area (Å²) in [5.74, 6) is 0. The van der Waals surface area contributed by atoms with E-state index in [1.54, 1.807) is 0 Å². The molecule has 4 aromatic carbocycles. The molecule has 2 N–H and O–H groups in total. The van der Waals surface area contributed by atoms with Crippen molar-refractivity contribution in [2.45, 2.75) is 0 Å². The third-order valence-electron chi connectivity index (χ3n) is 4.30. The van der Waals surface area contributed by atoms with Crippen LogP contribution in [0.3, 0.4) is 0 Å². The predicted molar refractivity (Wildman–Crippen MR) is 113 cm³/mol. The van der Waals surface area contributed by atoms with E-state index in [-0.39, 0.29) is 0 Å². The third kappa shape index (κ3) is 4.65. The third-order valence-corrected chi connectivity index (χ3v) is 4.30. The summed E-state index contributed by atoms with van der Waals surface area (Å²) in [6.45, 7) is 0. The lowest BCUT2D eigenvalue weighted by atomic mass is 9.88. The van der Waals surface area contributed by atoms with Crippen molar-refractivity contribution in [3.63, 3.8) is 0 Å². The van der Waals surface area contributed by atoms with Gasteiger partial charge in [-0.05, 0) is 33.4 Å². The summed E-state index contributed by atoms with van der Waals surface area (Å²) >= 11 is 0. The van der Waals surface area contributed by atoms with Gasteiger partial charge in [0.15, 0.2) is 0 Å². The molecule has 0 amide bonds. The Morgan fingerprint density at radius 1 is 0.464 bits per heavy atom. The molecule has 0 saturated heterocycles. The molecule has 138 valence electrons. The number of hydrogen-bond acceptors (Lipinski definition) is 1. The molecule has 0 aliphatic heterocycles. The smallest absolute Gasteiger partial charge is 0.450 e. The molecule has 0 saturated carbocycles. The van der Waals surface area contributed by atoms with Crippen LogP contribution >= 0.6 is 0 Å². The van der Waals surface area contributed by atoms with Crippen LogP contribution in [0.4, 0.5) is 4.79 Å². The summed E-state index contributed by atoms with van der Waals surface area (Å²) in [7, 11) is 0. The summed E-state index contributed by atoms with van der Waals surface area (Å²) in [6.07, 6.45) is -1.83. The first-order valence-corrected chi connectivity index (χ1v) is 8.88. The van der Waals surface area contributed by atoms with Crippen LogP contribution in [0.25, 0.3) is 33.4 Å². The van der Waals surface area contributed by atoms with Gasteiger partial charge < -0.3 is 10.2 Å². The van der Waals surface area contributed by atoms with E-state index < -0.39 is 6.16 Å². The molecule has 0 atom stereocenters. The van der Waals surface area contributed by atoms with Gasteiger partial charge in [-0.1, -0.05) is 109 Å². The maximum atomic E-state index is 8.56. The highest BCUT2D eigenvalue weighted by Gasteiger charge is 2.13. The standard InChI is InChI=1S/C24H18.CH2O3/c1-4-11-19(12-5-1)22-17-10-18-23(20-13-6-2-7-14-20)24(22)21-15-8-3-9-16-21;2-1(3)4/h1-18H;(H2,2,3,4). The Morgan fingerprint density at radius 2 is 0.786 bits per heavy atom. The molecule has 0 fully saturated rings. The molecular formula is C25H20O3. The van der Waals surface area contributed by atoms with Gasteiger partial charge in [0.1, 0.15) is 0 Å². The Kier molecular flexibility index (Phi) is 6.21. The Morgan fingerprint density at radius 3 is 1.14 bits per heavy atom. The van der Waals surface area contributed by atoms with Crippen LogP contribution in [0.2, 0.25) is 0 Å². The van der Waals surface area contributed by atoms with Crippen molar-refractivity contribution in [1.82, 2.24) is 0 Å². The molecule has 0 spiro atoms. The maximum absolute atomic E-state index is 8.56. The molecule has 3 heteroatoms. The topological polar surface area (TPSA) is 57.5 Å². The normalized spacial score (nSPS) is 9.86. The van der Waals surface area contributed by atoms with E-state index in [1.807, 2.05) is 0 Å². The molecule has 3 nitrogen and oxygen atoms in total. The SMILES string of the molecule is O=C(O)O.c1ccc(-c2cccc(-c3ccccc3)c2-c2ccccc2)cc1. The first kappa shape index (κ1) is 18.9. The zero-order valence-corrected chi connectivity index (χ0v) is 15.2. The molecule has 0 aromatic heterocycles. The molecule has 0 aliphatic carbocycles. The average molecular weight is 368 g/mol. The molecule has 4 aromatic rings. The Labute approximate surface area is 164 Å². The van der Waals surface area contributed by atoms with Crippen LogP contribution in [0, 0.1) is 0 Å². The monoisotopic (exact) mass is 368 g/mol. The molecule has 0 bridgehead atoms. The summed E-state index contributed by atoms with van der Waals surface area (Å²) < 4.78 is 0. The zero-order valence-electron chi connectivity index (χ0n) is 15.2. The van der Waals surface area contributed by atoms with Crippen LogP contribution in [0.15, 0.2) is 109 Å². The van der Waals surface area contributed by atoms with Crippen molar-refractivity contribution in [1.29, 1.82) is 0 Å². The van der Waals surface area contributed by atoms with Crippen LogP contribution in [-0.2, 0) is 0 Å². The van der Waals surface area contributed by atoms with Crippen molar-refractivity contribution in [2.24, 2.45) is 0 Å². The maximum Gasteiger partial charge on any atom is 0.503 e. The second kappa shape index (κ2) is 9.19. The number of hydrogen-bond donors (Lipinski definition) is 2. The summed E-state index contributed by atoms with van der Waals surface area (Å²) in [6, 6.07) is 38.4. The minimum Gasteiger partial charge on any atom is -0.450 e. The van der Waals surface area contributed by atoms with Crippen molar-refractivity contribution in [3.05, 3.63) is 109 Å². The molecule has 0 heterocycles. The number of carbonyl (C=O) groups is 1. The van der Waals surface area contributed by atoms with E-state index >= 15 is 0 Å². The van der Waals surface area contributed by atoms with E-state index in [0.717, 1.165) is 0 Å². The minimum absolute atomic E-state index is 1.24. The van der Waals surface area contributed by atoms with E-state index in [2.05, 4.69) is 109 Å². The quantitative estimate of drug-likeness (QED) is 0.413. The van der Waals surface area contributed by atoms with E-state index in [4.69, 9.17) is 15.0 Å². The average Bonchev–Trinajstić information content (AvgIpc) is 2.75. The highest BCUT2D eigenvalue weighted by Crippen LogP contribution is 2.39. The van der Waals surface area contributed by atoms with Gasteiger partial charge in [0.25, 0.3) is 0 Å². The van der Waals surface area contributed by atoms with Gasteiger partial charge in [-0.25, -0.2) is 4.79 Å². The molecule has 0 unspecified atom stereocenters. The molecule has 4 rings (SSSR count). The Bertz CT molecular complexity index is 965. The largest absolute Gasteiger partial charge is 0.503 e. The van der Waals surface area contributed by atoms with Crippen LogP contribution in [-0.4, -0.2) is 16.4 Å². The number of benzene rings is 4. The summed E-state index contributed by atoms with van der Waals surface area (Å²) in [5.41, 5.74) is 7.56. The van der Waals surface area contributed by atoms with Gasteiger partial charge in [-0.15, -0.1) is 0 Å². The van der Waals surface area contributed by atoms with Gasteiger partial charge in [0, 0.05) is 0 Å². The lowest BCUT2D eigenvalue weighted by Crippen LogP contribution is -1.90. The zero-order chi connectivity index (χ0) is 19.8. The first-order valence-electron chi connectivity index (χ1n) is 8.88. The predicted octanol–water partition coefficient (Wildman–Crippen LogP) is 6.91. The lowest BCUT2D eigenvalue weighted by molar-refractivity contribution is 0.137. The fourth-order valence-corrected chi connectivity index (χ4v) is 3.18. The van der Waals surface area contributed by atoms with Crippen molar-refractivity contribution < 1.29 is 15.0 Å². The van der Waals surface area contributed by atoms with Crippen molar-refractivity contribution in [3.8, 4) is 33.4 Å². The molecule has 0 radical (unpaired) electrons. The summed E-state index contributed by atoms with van der Waals surface area (Å²) in [4.78, 5) is 8.56. The highest BCUT2D eigenvalue weighted by atomic mass is 16.6. The molecular weight excluding hydrogens is 348 g/mol. The number of rotatable bonds is 3. The van der Waals surface area contributed by atoms with Crippen molar-refractivity contribution in [2.75, 3.05) is 0 Å². The highest BCUT2D eigenvalue weighted by molar-refractivity contribution is 5.94. The fraction of sp³-hybridized carbons (Fsp3) is 0. The van der Waals surface area contributed by atoms with Gasteiger partial charge in [0.2, 0.25) is 0 Å². The second-order valence-electron chi connectivity index (χ2n) is 6.11. The first-order chi connectivity index (χ1) is 13.7. The van der Waals surface area contributed by atoms with E-state index in [0.29, 0.717) is 0 Å². The van der Waals surface area contributed by atoms with Crippen LogP contribution in [0.5, 0.6) is 0 Å². The fourth-order valence-electron chi connectivity index (χ4n) is 3.18. The second-order valence-corrected chi connectivity index (χ2v) is 6.11. The van der Waals surface area contributed by atoms with Crippen LogP contribution < -0.4 is 0 Å². The molecule has 0 aliphatic rings. The minimum atomic E-state index is -1.83. The van der Waals surface area contributed by atoms with Crippen LogP contribution in [0.1, 0.15) is 0 Å². The van der Waals surface area contributed by atoms with E-state index in [1.165, 1.54) is 33.4 Å². The number of carboxylic acid groups (broad SMARTS) is 2. The summed E-state index contributed by atoms with van der Waals surface area (Å²) in [5, 5.41) is 13.9.